The smallest absolute Gasteiger partial charge is 0.370 e. The fourth-order valence-electron chi connectivity index (χ4n) is 1.52. The van der Waals surface area contributed by atoms with Crippen molar-refractivity contribution in [3.8, 4) is 0 Å². The number of nitrogens with one attached hydrogen (secondary N) is 1. The molecular formula is C11H18F3N3O. The molecule has 0 aliphatic rings. The van der Waals surface area contributed by atoms with Crippen molar-refractivity contribution in [2.24, 2.45) is 0 Å². The van der Waals surface area contributed by atoms with Crippen molar-refractivity contribution in [3.63, 3.8) is 0 Å². The second kappa shape index (κ2) is 6.63. The van der Waals surface area contributed by atoms with E-state index in [2.05, 4.69) is 15.0 Å². The topological polar surface area (TPSA) is 39.1 Å². The van der Waals surface area contributed by atoms with Gasteiger partial charge in [0.2, 0.25) is 5.95 Å². The minimum Gasteiger partial charge on any atom is -0.370 e. The minimum atomic E-state index is -4.27. The molecule has 0 fully saturated rings. The van der Waals surface area contributed by atoms with Crippen molar-refractivity contribution < 1.29 is 17.9 Å². The highest BCUT2D eigenvalue weighted by Gasteiger charge is 2.27. The van der Waals surface area contributed by atoms with E-state index in [0.29, 0.717) is 12.5 Å². The van der Waals surface area contributed by atoms with E-state index in [4.69, 9.17) is 0 Å². The van der Waals surface area contributed by atoms with Gasteiger partial charge in [0, 0.05) is 19.3 Å². The normalized spacial score (nSPS) is 11.8. The lowest BCUT2D eigenvalue weighted by Gasteiger charge is -2.10. The summed E-state index contributed by atoms with van der Waals surface area (Å²) in [4.78, 5) is 4.25. The van der Waals surface area contributed by atoms with Gasteiger partial charge in [0.1, 0.15) is 6.61 Å². The molecule has 0 atom stereocenters. The van der Waals surface area contributed by atoms with E-state index in [0.717, 1.165) is 18.7 Å². The molecule has 1 heterocycles. The summed E-state index contributed by atoms with van der Waals surface area (Å²) in [5.41, 5.74) is 0.877. The summed E-state index contributed by atoms with van der Waals surface area (Å²) >= 11 is 0. The summed E-state index contributed by atoms with van der Waals surface area (Å²) in [5.74, 6) is 0.671. The zero-order valence-electron chi connectivity index (χ0n) is 10.5. The van der Waals surface area contributed by atoms with Crippen molar-refractivity contribution in [1.82, 2.24) is 9.55 Å². The number of alkyl halides is 3. The Balaban J connectivity index is 2.30. The Morgan fingerprint density at radius 3 is 2.78 bits per heavy atom. The summed E-state index contributed by atoms with van der Waals surface area (Å²) < 4.78 is 41.9. The summed E-state index contributed by atoms with van der Waals surface area (Å²) in [5, 5.41) is 2.96. The van der Waals surface area contributed by atoms with Crippen LogP contribution in [0.1, 0.15) is 19.0 Å². The van der Waals surface area contributed by atoms with Crippen LogP contribution in [0.25, 0.3) is 0 Å². The van der Waals surface area contributed by atoms with E-state index in [1.807, 2.05) is 24.6 Å². The number of anilines is 1. The van der Waals surface area contributed by atoms with Gasteiger partial charge in [-0.1, -0.05) is 6.92 Å². The van der Waals surface area contributed by atoms with E-state index >= 15 is 0 Å². The lowest BCUT2D eigenvalue weighted by molar-refractivity contribution is -0.172. The Morgan fingerprint density at radius 1 is 1.44 bits per heavy atom. The molecule has 0 aliphatic carbocycles. The molecule has 0 saturated heterocycles. The van der Waals surface area contributed by atoms with Crippen LogP contribution in [0.4, 0.5) is 19.1 Å². The fraction of sp³-hybridized carbons (Fsp3) is 0.727. The molecule has 1 N–H and O–H groups in total. The molecule has 0 amide bonds. The van der Waals surface area contributed by atoms with Crippen LogP contribution in [-0.4, -0.2) is 35.5 Å². The number of hydrogen-bond acceptors (Lipinski definition) is 3. The number of ether oxygens (including phenoxy) is 1. The van der Waals surface area contributed by atoms with E-state index < -0.39 is 12.8 Å². The highest BCUT2D eigenvalue weighted by molar-refractivity contribution is 5.28. The van der Waals surface area contributed by atoms with Gasteiger partial charge in [-0.05, 0) is 13.3 Å². The van der Waals surface area contributed by atoms with Crippen LogP contribution in [0.2, 0.25) is 0 Å². The molecule has 0 spiro atoms. The van der Waals surface area contributed by atoms with Crippen molar-refractivity contribution >= 4 is 5.95 Å². The Labute approximate surface area is 104 Å². The first kappa shape index (κ1) is 14.8. The Hall–Kier alpha value is -1.24. The number of nitrogens with zero attached hydrogens (tertiary/aromatic N) is 2. The molecule has 1 aromatic heterocycles. The van der Waals surface area contributed by atoms with Crippen molar-refractivity contribution in [1.29, 1.82) is 0 Å². The lowest BCUT2D eigenvalue weighted by Crippen LogP contribution is -2.20. The molecule has 0 radical (unpaired) electrons. The molecule has 0 saturated carbocycles. The third kappa shape index (κ3) is 5.39. The van der Waals surface area contributed by atoms with Crippen LogP contribution in [-0.2, 0) is 11.3 Å². The first-order valence-electron chi connectivity index (χ1n) is 5.84. The monoisotopic (exact) mass is 265 g/mol. The first-order valence-corrected chi connectivity index (χ1v) is 5.84. The van der Waals surface area contributed by atoms with Crippen LogP contribution >= 0.6 is 0 Å². The number of aryl methyl sites for hydroxylation is 2. The van der Waals surface area contributed by atoms with Crippen molar-refractivity contribution in [3.05, 3.63) is 11.9 Å². The molecule has 0 unspecified atom stereocenters. The summed E-state index contributed by atoms with van der Waals surface area (Å²) in [6.45, 7) is 3.83. The number of hydrogen-bond donors (Lipinski definition) is 1. The first-order chi connectivity index (χ1) is 8.42. The maximum atomic E-state index is 11.8. The summed E-state index contributed by atoms with van der Waals surface area (Å²) in [7, 11) is 0. The number of halogens is 3. The maximum absolute atomic E-state index is 11.8. The lowest BCUT2D eigenvalue weighted by atomic mass is 10.5. The summed E-state index contributed by atoms with van der Waals surface area (Å²) in [6, 6.07) is 0. The minimum absolute atomic E-state index is 0.00244. The second-order valence-corrected chi connectivity index (χ2v) is 3.99. The highest BCUT2D eigenvalue weighted by Crippen LogP contribution is 2.14. The van der Waals surface area contributed by atoms with Gasteiger partial charge >= 0.3 is 6.18 Å². The average molecular weight is 265 g/mol. The number of rotatable bonds is 7. The molecule has 1 rings (SSSR count). The van der Waals surface area contributed by atoms with Crippen LogP contribution in [0, 0.1) is 6.92 Å². The predicted molar refractivity (Wildman–Crippen MR) is 62.6 cm³/mol. The molecule has 18 heavy (non-hydrogen) atoms. The molecule has 0 bridgehead atoms. The van der Waals surface area contributed by atoms with Gasteiger partial charge in [0.25, 0.3) is 0 Å². The Morgan fingerprint density at radius 2 is 2.17 bits per heavy atom. The Bertz CT molecular complexity index is 363. The van der Waals surface area contributed by atoms with Gasteiger partial charge in [-0.3, -0.25) is 0 Å². The molecule has 0 aliphatic heterocycles. The number of aromatic nitrogens is 2. The van der Waals surface area contributed by atoms with Gasteiger partial charge in [-0.2, -0.15) is 13.2 Å². The van der Waals surface area contributed by atoms with Crippen LogP contribution in [0.5, 0.6) is 0 Å². The van der Waals surface area contributed by atoms with Crippen LogP contribution in [0.15, 0.2) is 6.20 Å². The fourth-order valence-corrected chi connectivity index (χ4v) is 1.52. The molecule has 104 valence electrons. The SMILES string of the molecule is CCCn1cc(C)nc1NCCOCC(F)(F)F. The van der Waals surface area contributed by atoms with Gasteiger partial charge in [-0.25, -0.2) is 4.98 Å². The third-order valence-corrected chi connectivity index (χ3v) is 2.16. The second-order valence-electron chi connectivity index (χ2n) is 3.99. The van der Waals surface area contributed by atoms with Crippen LogP contribution in [0.3, 0.4) is 0 Å². The maximum Gasteiger partial charge on any atom is 0.411 e. The number of imidazole rings is 1. The Kier molecular flexibility index (Phi) is 5.46. The zero-order valence-corrected chi connectivity index (χ0v) is 10.5. The standard InChI is InChI=1S/C11H18F3N3O/c1-3-5-17-7-9(2)16-10(17)15-4-6-18-8-11(12,13)14/h7H,3-6,8H2,1-2H3,(H,15,16). The molecule has 4 nitrogen and oxygen atoms in total. The average Bonchev–Trinajstić information content (AvgIpc) is 2.57. The molecule has 1 aromatic rings. The molecule has 7 heteroatoms. The van der Waals surface area contributed by atoms with Gasteiger partial charge < -0.3 is 14.6 Å². The van der Waals surface area contributed by atoms with E-state index in [1.165, 1.54) is 0 Å². The highest BCUT2D eigenvalue weighted by atomic mass is 19.4. The summed E-state index contributed by atoms with van der Waals surface area (Å²) in [6.07, 6.45) is -1.39. The quantitative estimate of drug-likeness (QED) is 0.770. The van der Waals surface area contributed by atoms with Gasteiger partial charge in [0.05, 0.1) is 12.3 Å². The zero-order chi connectivity index (χ0) is 13.6. The largest absolute Gasteiger partial charge is 0.411 e. The third-order valence-electron chi connectivity index (χ3n) is 2.16. The van der Waals surface area contributed by atoms with Gasteiger partial charge in [-0.15, -0.1) is 0 Å². The van der Waals surface area contributed by atoms with E-state index in [1.54, 1.807) is 0 Å². The van der Waals surface area contributed by atoms with E-state index in [-0.39, 0.29) is 6.61 Å². The van der Waals surface area contributed by atoms with Crippen molar-refractivity contribution in [2.75, 3.05) is 25.1 Å². The van der Waals surface area contributed by atoms with E-state index in [9.17, 15) is 13.2 Å². The molecular weight excluding hydrogens is 247 g/mol. The van der Waals surface area contributed by atoms with Crippen LogP contribution < -0.4 is 5.32 Å². The van der Waals surface area contributed by atoms with Crippen molar-refractivity contribution in [2.45, 2.75) is 33.0 Å². The van der Waals surface area contributed by atoms with Gasteiger partial charge in [0.15, 0.2) is 0 Å². The molecule has 0 aromatic carbocycles. The predicted octanol–water partition coefficient (Wildman–Crippen LogP) is 2.59.